The Morgan fingerprint density at radius 1 is 1.15 bits per heavy atom. The molecule has 26 heavy (non-hydrogen) atoms. The number of carbonyl (C=O) groups is 1. The second kappa shape index (κ2) is 8.97. The van der Waals surface area contributed by atoms with Crippen molar-refractivity contribution in [1.82, 2.24) is 4.31 Å². The van der Waals surface area contributed by atoms with Gasteiger partial charge >= 0.3 is 5.97 Å². The predicted molar refractivity (Wildman–Crippen MR) is 100 cm³/mol. The number of carbonyl (C=O) groups excluding carboxylic acids is 1. The molecule has 1 aliphatic rings. The highest BCUT2D eigenvalue weighted by Crippen LogP contribution is 2.21. The van der Waals surface area contributed by atoms with Gasteiger partial charge in [-0.3, -0.25) is 4.79 Å². The third-order valence-electron chi connectivity index (χ3n) is 4.15. The molecule has 0 spiro atoms. The molecule has 0 unspecified atom stereocenters. The van der Waals surface area contributed by atoms with Crippen LogP contribution in [0.1, 0.15) is 39.2 Å². The third kappa shape index (κ3) is 7.05. The van der Waals surface area contributed by atoms with Crippen LogP contribution >= 0.6 is 0 Å². The highest BCUT2D eigenvalue weighted by molar-refractivity contribution is 7.89. The molecule has 0 atom stereocenters. The molecule has 1 saturated heterocycles. The van der Waals surface area contributed by atoms with Gasteiger partial charge < -0.3 is 9.47 Å². The Balaban J connectivity index is 1.73. The lowest BCUT2D eigenvalue weighted by atomic mass is 9.99. The molecule has 7 heteroatoms. The fraction of sp³-hybridized carbons (Fsp3) is 0.632. The summed E-state index contributed by atoms with van der Waals surface area (Å²) < 4.78 is 37.0. The molecule has 0 bridgehead atoms. The second-order valence-corrected chi connectivity index (χ2v) is 9.65. The predicted octanol–water partition coefficient (Wildman–Crippen LogP) is 2.59. The largest absolute Gasteiger partial charge is 0.459 e. The molecule has 1 aliphatic heterocycles. The number of piperidine rings is 1. The maximum absolute atomic E-state index is 12.4. The van der Waals surface area contributed by atoms with E-state index in [0.717, 1.165) is 18.4 Å². The number of sulfonamides is 1. The molecule has 0 aliphatic carbocycles. The highest BCUT2D eigenvalue weighted by atomic mass is 32.2. The van der Waals surface area contributed by atoms with Crippen molar-refractivity contribution in [2.45, 2.75) is 45.8 Å². The van der Waals surface area contributed by atoms with Crippen molar-refractivity contribution in [3.05, 3.63) is 35.9 Å². The first kappa shape index (κ1) is 20.9. The standard InChI is InChI=1S/C19H29NO5S/c1-19(2,3)25-18(21)15-26(22,23)20-11-9-17(10-12-20)14-24-13-16-7-5-4-6-8-16/h4-8,17H,9-15H2,1-3H3. The van der Waals surface area contributed by atoms with E-state index in [1.165, 1.54) is 4.31 Å². The summed E-state index contributed by atoms with van der Waals surface area (Å²) in [5, 5.41) is 0. The molecule has 6 nitrogen and oxygen atoms in total. The molecule has 1 heterocycles. The minimum atomic E-state index is -3.62. The van der Waals surface area contributed by atoms with E-state index in [2.05, 4.69) is 0 Å². The SMILES string of the molecule is CC(C)(C)OC(=O)CS(=O)(=O)N1CCC(COCc2ccccc2)CC1. The topological polar surface area (TPSA) is 72.9 Å². The highest BCUT2D eigenvalue weighted by Gasteiger charge is 2.31. The summed E-state index contributed by atoms with van der Waals surface area (Å²) in [5.74, 6) is -0.961. The van der Waals surface area contributed by atoms with E-state index >= 15 is 0 Å². The van der Waals surface area contributed by atoms with Crippen LogP contribution in [0.3, 0.4) is 0 Å². The van der Waals surface area contributed by atoms with Crippen LogP contribution in [0.2, 0.25) is 0 Å². The zero-order chi connectivity index (χ0) is 19.2. The van der Waals surface area contributed by atoms with Crippen molar-refractivity contribution in [3.63, 3.8) is 0 Å². The van der Waals surface area contributed by atoms with E-state index in [9.17, 15) is 13.2 Å². The maximum atomic E-state index is 12.4. The number of rotatable bonds is 7. The summed E-state index contributed by atoms with van der Waals surface area (Å²) in [6.07, 6.45) is 1.48. The Bertz CT molecular complexity index is 674. The summed E-state index contributed by atoms with van der Waals surface area (Å²) in [6, 6.07) is 9.97. The molecule has 1 fully saturated rings. The molecular formula is C19H29NO5S. The fourth-order valence-electron chi connectivity index (χ4n) is 2.88. The van der Waals surface area contributed by atoms with Gasteiger partial charge in [-0.25, -0.2) is 12.7 Å². The summed E-state index contributed by atoms with van der Waals surface area (Å²) in [4.78, 5) is 11.8. The number of benzene rings is 1. The molecule has 1 aromatic rings. The Morgan fingerprint density at radius 3 is 2.35 bits per heavy atom. The monoisotopic (exact) mass is 383 g/mol. The maximum Gasteiger partial charge on any atom is 0.323 e. The number of ether oxygens (including phenoxy) is 2. The van der Waals surface area contributed by atoms with Gasteiger partial charge in [-0.15, -0.1) is 0 Å². The van der Waals surface area contributed by atoms with Crippen LogP contribution in [0.25, 0.3) is 0 Å². The van der Waals surface area contributed by atoms with Crippen molar-refractivity contribution in [2.75, 3.05) is 25.4 Å². The van der Waals surface area contributed by atoms with Gasteiger partial charge in [0.05, 0.1) is 6.61 Å². The first-order valence-electron chi connectivity index (χ1n) is 8.97. The smallest absolute Gasteiger partial charge is 0.323 e. The Hall–Kier alpha value is -1.44. The van der Waals surface area contributed by atoms with E-state index in [-0.39, 0.29) is 0 Å². The zero-order valence-corrected chi connectivity index (χ0v) is 16.6. The van der Waals surface area contributed by atoms with E-state index in [1.54, 1.807) is 20.8 Å². The van der Waals surface area contributed by atoms with E-state index in [0.29, 0.717) is 32.2 Å². The lowest BCUT2D eigenvalue weighted by Crippen LogP contribution is -2.42. The van der Waals surface area contributed by atoms with E-state index in [4.69, 9.17) is 9.47 Å². The molecule has 146 valence electrons. The van der Waals surface area contributed by atoms with Crippen LogP contribution in [0, 0.1) is 5.92 Å². The second-order valence-electron chi connectivity index (χ2n) is 7.69. The number of nitrogens with zero attached hydrogens (tertiary/aromatic N) is 1. The van der Waals surface area contributed by atoms with Gasteiger partial charge in [-0.05, 0) is 45.1 Å². The van der Waals surface area contributed by atoms with E-state index < -0.39 is 27.3 Å². The summed E-state index contributed by atoms with van der Waals surface area (Å²) >= 11 is 0. The normalized spacial score (nSPS) is 17.2. The third-order valence-corrected chi connectivity index (χ3v) is 5.90. The molecule has 0 amide bonds. The molecule has 0 N–H and O–H groups in total. The lowest BCUT2D eigenvalue weighted by Gasteiger charge is -2.31. The van der Waals surface area contributed by atoms with Gasteiger partial charge in [0.2, 0.25) is 10.0 Å². The minimum Gasteiger partial charge on any atom is -0.459 e. The number of hydrogen-bond acceptors (Lipinski definition) is 5. The van der Waals surface area contributed by atoms with Gasteiger partial charge in [0.1, 0.15) is 5.60 Å². The van der Waals surface area contributed by atoms with Gasteiger partial charge in [-0.2, -0.15) is 0 Å². The van der Waals surface area contributed by atoms with Gasteiger partial charge in [0.15, 0.2) is 5.75 Å². The van der Waals surface area contributed by atoms with Gasteiger partial charge in [0.25, 0.3) is 0 Å². The van der Waals surface area contributed by atoms with Crippen molar-refractivity contribution in [3.8, 4) is 0 Å². The quantitative estimate of drug-likeness (QED) is 0.677. The average molecular weight is 384 g/mol. The van der Waals surface area contributed by atoms with Crippen molar-refractivity contribution in [1.29, 1.82) is 0 Å². The fourth-order valence-corrected chi connectivity index (χ4v) is 4.19. The summed E-state index contributed by atoms with van der Waals surface area (Å²) in [6.45, 7) is 7.19. The van der Waals surface area contributed by atoms with Gasteiger partial charge in [0, 0.05) is 19.7 Å². The Kier molecular flexibility index (Phi) is 7.20. The zero-order valence-electron chi connectivity index (χ0n) is 15.8. The van der Waals surface area contributed by atoms with Crippen molar-refractivity contribution in [2.24, 2.45) is 5.92 Å². The van der Waals surface area contributed by atoms with Crippen LogP contribution in [0.4, 0.5) is 0 Å². The van der Waals surface area contributed by atoms with Crippen molar-refractivity contribution < 1.29 is 22.7 Å². The van der Waals surface area contributed by atoms with Crippen LogP contribution in [-0.2, 0) is 30.9 Å². The Labute approximate surface area is 156 Å². The van der Waals surface area contributed by atoms with Crippen LogP contribution in [-0.4, -0.2) is 49.7 Å². The van der Waals surface area contributed by atoms with Gasteiger partial charge in [-0.1, -0.05) is 30.3 Å². The molecule has 2 rings (SSSR count). The van der Waals surface area contributed by atoms with E-state index in [1.807, 2.05) is 30.3 Å². The molecule has 0 saturated carbocycles. The molecule has 0 radical (unpaired) electrons. The lowest BCUT2D eigenvalue weighted by molar-refractivity contribution is -0.151. The van der Waals surface area contributed by atoms with Crippen LogP contribution in [0.15, 0.2) is 30.3 Å². The van der Waals surface area contributed by atoms with Crippen LogP contribution < -0.4 is 0 Å². The molecule has 0 aromatic heterocycles. The molecule has 1 aromatic carbocycles. The van der Waals surface area contributed by atoms with Crippen LogP contribution in [0.5, 0.6) is 0 Å². The minimum absolute atomic E-state index is 0.340. The first-order valence-corrected chi connectivity index (χ1v) is 10.6. The Morgan fingerprint density at radius 2 is 1.77 bits per heavy atom. The van der Waals surface area contributed by atoms with Crippen molar-refractivity contribution >= 4 is 16.0 Å². The first-order chi connectivity index (χ1) is 12.2. The number of hydrogen-bond donors (Lipinski definition) is 0. The average Bonchev–Trinajstić information content (AvgIpc) is 2.54. The summed E-state index contributed by atoms with van der Waals surface area (Å²) in [5.41, 5.74) is 0.445. The molecular weight excluding hydrogens is 354 g/mol. The summed E-state index contributed by atoms with van der Waals surface area (Å²) in [7, 11) is -3.62. The number of esters is 1.